The molecule has 0 spiro atoms. The van der Waals surface area contributed by atoms with E-state index >= 15 is 0 Å². The van der Waals surface area contributed by atoms with Crippen LogP contribution in [0.25, 0.3) is 11.1 Å². The molecule has 1 aliphatic rings. The van der Waals surface area contributed by atoms with Crippen LogP contribution in [0.15, 0.2) is 67.0 Å². The Labute approximate surface area is 168 Å². The molecule has 6 heteroatoms. The Morgan fingerprint density at radius 1 is 1.00 bits per heavy atom. The number of anilines is 1. The lowest BCUT2D eigenvalue weighted by Gasteiger charge is -2.21. The summed E-state index contributed by atoms with van der Waals surface area (Å²) < 4.78 is 0. The fourth-order valence-electron chi connectivity index (χ4n) is 3.38. The summed E-state index contributed by atoms with van der Waals surface area (Å²) in [6, 6.07) is 16.2. The number of pyridine rings is 1. The molecule has 4 rings (SSSR count). The summed E-state index contributed by atoms with van der Waals surface area (Å²) in [5.41, 5.74) is 4.07. The number of aromatic nitrogens is 1. The van der Waals surface area contributed by atoms with Gasteiger partial charge in [0.25, 0.3) is 5.91 Å². The van der Waals surface area contributed by atoms with E-state index in [1.54, 1.807) is 37.6 Å². The van der Waals surface area contributed by atoms with Gasteiger partial charge in [0.15, 0.2) is 0 Å². The lowest BCUT2D eigenvalue weighted by atomic mass is 10.0. The SMILES string of the molecule is CN1C(=O)C(Cc2ccc(-c3ccncc3)cc2)NC(=O)c2cc(Cl)ccc21. The van der Waals surface area contributed by atoms with E-state index in [1.165, 1.54) is 4.90 Å². The van der Waals surface area contributed by atoms with Crippen molar-refractivity contribution >= 4 is 29.1 Å². The lowest BCUT2D eigenvalue weighted by molar-refractivity contribution is -0.120. The number of amides is 2. The van der Waals surface area contributed by atoms with Gasteiger partial charge >= 0.3 is 0 Å². The summed E-state index contributed by atoms with van der Waals surface area (Å²) in [7, 11) is 1.68. The second-order valence-electron chi connectivity index (χ2n) is 6.72. The normalized spacial score (nSPS) is 16.4. The van der Waals surface area contributed by atoms with Gasteiger partial charge in [-0.05, 0) is 47.0 Å². The molecular weight excluding hydrogens is 374 g/mol. The Morgan fingerprint density at radius 3 is 2.39 bits per heavy atom. The molecule has 1 unspecified atom stereocenters. The smallest absolute Gasteiger partial charge is 0.254 e. The first-order valence-electron chi connectivity index (χ1n) is 8.90. The first-order valence-corrected chi connectivity index (χ1v) is 9.28. The highest BCUT2D eigenvalue weighted by atomic mass is 35.5. The van der Waals surface area contributed by atoms with E-state index in [2.05, 4.69) is 10.3 Å². The van der Waals surface area contributed by atoms with Crippen molar-refractivity contribution < 1.29 is 9.59 Å². The van der Waals surface area contributed by atoms with Crippen molar-refractivity contribution in [3.05, 3.63) is 83.1 Å². The molecule has 0 radical (unpaired) electrons. The van der Waals surface area contributed by atoms with Gasteiger partial charge in [-0.1, -0.05) is 35.9 Å². The summed E-state index contributed by atoms with van der Waals surface area (Å²) in [6.07, 6.45) is 3.92. The van der Waals surface area contributed by atoms with Crippen molar-refractivity contribution in [3.63, 3.8) is 0 Å². The maximum Gasteiger partial charge on any atom is 0.254 e. The molecule has 3 aromatic rings. The van der Waals surface area contributed by atoms with Crippen LogP contribution in [-0.4, -0.2) is 29.9 Å². The maximum atomic E-state index is 12.9. The zero-order valence-corrected chi connectivity index (χ0v) is 16.0. The molecular formula is C22H18ClN3O2. The molecule has 2 aromatic carbocycles. The van der Waals surface area contributed by atoms with E-state index < -0.39 is 6.04 Å². The van der Waals surface area contributed by atoms with Crippen molar-refractivity contribution in [2.75, 3.05) is 11.9 Å². The summed E-state index contributed by atoms with van der Waals surface area (Å²) >= 11 is 6.02. The standard InChI is InChI=1S/C22H18ClN3O2/c1-26-20-7-6-17(23)13-18(20)21(27)25-19(22(26)28)12-14-2-4-15(5-3-14)16-8-10-24-11-9-16/h2-11,13,19H,12H2,1H3,(H,25,27). The highest BCUT2D eigenvalue weighted by molar-refractivity contribution is 6.31. The number of carbonyl (C=O) groups is 2. The number of hydrogen-bond donors (Lipinski definition) is 1. The topological polar surface area (TPSA) is 62.3 Å². The second-order valence-corrected chi connectivity index (χ2v) is 7.16. The third-order valence-electron chi connectivity index (χ3n) is 4.91. The number of halogens is 1. The molecule has 0 aliphatic carbocycles. The highest BCUT2D eigenvalue weighted by Gasteiger charge is 2.31. The van der Waals surface area contributed by atoms with Gasteiger partial charge in [0.05, 0.1) is 11.3 Å². The Kier molecular flexibility index (Phi) is 4.84. The quantitative estimate of drug-likeness (QED) is 0.740. The fraction of sp³-hybridized carbons (Fsp3) is 0.136. The summed E-state index contributed by atoms with van der Waals surface area (Å²) in [6.45, 7) is 0. The molecule has 5 nitrogen and oxygen atoms in total. The van der Waals surface area contributed by atoms with Gasteiger partial charge in [0.1, 0.15) is 6.04 Å². The first kappa shape index (κ1) is 18.2. The average molecular weight is 392 g/mol. The van der Waals surface area contributed by atoms with Crippen molar-refractivity contribution in [3.8, 4) is 11.1 Å². The Bertz CT molecular complexity index is 1040. The van der Waals surface area contributed by atoms with E-state index in [4.69, 9.17) is 11.6 Å². The lowest BCUT2D eigenvalue weighted by Crippen LogP contribution is -2.45. The van der Waals surface area contributed by atoms with Crippen molar-refractivity contribution in [1.82, 2.24) is 10.3 Å². The third-order valence-corrected chi connectivity index (χ3v) is 5.14. The zero-order valence-electron chi connectivity index (χ0n) is 15.2. The molecule has 0 bridgehead atoms. The summed E-state index contributed by atoms with van der Waals surface area (Å²) in [5.74, 6) is -0.457. The highest BCUT2D eigenvalue weighted by Crippen LogP contribution is 2.27. The molecule has 0 fully saturated rings. The minimum atomic E-state index is -0.643. The van der Waals surface area contributed by atoms with Crippen LogP contribution in [0.5, 0.6) is 0 Å². The van der Waals surface area contributed by atoms with Crippen LogP contribution in [0.3, 0.4) is 0 Å². The molecule has 1 aromatic heterocycles. The van der Waals surface area contributed by atoms with Crippen LogP contribution in [0, 0.1) is 0 Å². The third kappa shape index (κ3) is 3.49. The maximum absolute atomic E-state index is 12.9. The number of nitrogens with zero attached hydrogens (tertiary/aromatic N) is 2. The van der Waals surface area contributed by atoms with Crippen LogP contribution in [0.1, 0.15) is 15.9 Å². The molecule has 1 atom stereocenters. The molecule has 2 heterocycles. The fourth-order valence-corrected chi connectivity index (χ4v) is 3.56. The first-order chi connectivity index (χ1) is 13.5. The Morgan fingerprint density at radius 2 is 1.68 bits per heavy atom. The van der Waals surface area contributed by atoms with Gasteiger partial charge in [0, 0.05) is 30.9 Å². The molecule has 0 saturated carbocycles. The monoisotopic (exact) mass is 391 g/mol. The molecule has 1 N–H and O–H groups in total. The number of benzene rings is 2. The Hall–Kier alpha value is -3.18. The number of fused-ring (bicyclic) bond motifs is 1. The van der Waals surface area contributed by atoms with Crippen molar-refractivity contribution in [2.24, 2.45) is 0 Å². The molecule has 2 amide bonds. The van der Waals surface area contributed by atoms with Gasteiger partial charge < -0.3 is 10.2 Å². The van der Waals surface area contributed by atoms with Crippen LogP contribution in [0.4, 0.5) is 5.69 Å². The minimum absolute atomic E-state index is 0.160. The summed E-state index contributed by atoms with van der Waals surface area (Å²) in [4.78, 5) is 31.1. The number of likely N-dealkylation sites (N-methyl/N-ethyl adjacent to an activating group) is 1. The molecule has 140 valence electrons. The van der Waals surface area contributed by atoms with E-state index in [0.29, 0.717) is 22.7 Å². The van der Waals surface area contributed by atoms with E-state index in [0.717, 1.165) is 16.7 Å². The second kappa shape index (κ2) is 7.44. The van der Waals surface area contributed by atoms with Gasteiger partial charge in [-0.2, -0.15) is 0 Å². The zero-order chi connectivity index (χ0) is 19.7. The van der Waals surface area contributed by atoms with Gasteiger partial charge in [-0.15, -0.1) is 0 Å². The van der Waals surface area contributed by atoms with Crippen LogP contribution < -0.4 is 10.2 Å². The van der Waals surface area contributed by atoms with Crippen LogP contribution in [-0.2, 0) is 11.2 Å². The molecule has 1 aliphatic heterocycles. The van der Waals surface area contributed by atoms with E-state index in [1.807, 2.05) is 36.4 Å². The van der Waals surface area contributed by atoms with E-state index in [-0.39, 0.29) is 11.8 Å². The van der Waals surface area contributed by atoms with E-state index in [9.17, 15) is 9.59 Å². The number of carbonyl (C=O) groups excluding carboxylic acids is 2. The molecule has 28 heavy (non-hydrogen) atoms. The largest absolute Gasteiger partial charge is 0.340 e. The number of hydrogen-bond acceptors (Lipinski definition) is 3. The average Bonchev–Trinajstić information content (AvgIpc) is 2.80. The predicted molar refractivity (Wildman–Crippen MR) is 109 cm³/mol. The van der Waals surface area contributed by atoms with Gasteiger partial charge in [0.2, 0.25) is 5.91 Å². The van der Waals surface area contributed by atoms with Crippen LogP contribution in [0.2, 0.25) is 5.02 Å². The van der Waals surface area contributed by atoms with Gasteiger partial charge in [-0.3, -0.25) is 14.6 Å². The van der Waals surface area contributed by atoms with Crippen molar-refractivity contribution in [2.45, 2.75) is 12.5 Å². The number of nitrogens with one attached hydrogen (secondary N) is 1. The minimum Gasteiger partial charge on any atom is -0.340 e. The van der Waals surface area contributed by atoms with Gasteiger partial charge in [-0.25, -0.2) is 0 Å². The summed E-state index contributed by atoms with van der Waals surface area (Å²) in [5, 5.41) is 3.30. The molecule has 0 saturated heterocycles. The van der Waals surface area contributed by atoms with Crippen molar-refractivity contribution in [1.29, 1.82) is 0 Å². The van der Waals surface area contributed by atoms with Crippen LogP contribution >= 0.6 is 11.6 Å². The predicted octanol–water partition coefficient (Wildman–Crippen LogP) is 3.72. The Balaban J connectivity index is 1.57. The number of rotatable bonds is 3.